The molecule has 0 atom stereocenters. The van der Waals surface area contributed by atoms with Gasteiger partial charge >= 0.3 is 0 Å². The lowest BCUT2D eigenvalue weighted by atomic mass is 10.1. The molecule has 1 aliphatic rings. The Morgan fingerprint density at radius 2 is 1.60 bits per heavy atom. The Labute approximate surface area is 143 Å². The maximum atomic E-state index is 13.3. The number of amides is 1. The molecule has 0 aromatic heterocycles. The van der Waals surface area contributed by atoms with Crippen molar-refractivity contribution < 1.29 is 23.4 Å². The smallest absolute Gasteiger partial charge is 0.255 e. The van der Waals surface area contributed by atoms with Crippen molar-refractivity contribution in [3.8, 4) is 5.75 Å². The summed E-state index contributed by atoms with van der Waals surface area (Å²) in [6.45, 7) is 1.48. The van der Waals surface area contributed by atoms with Crippen LogP contribution in [-0.4, -0.2) is 30.3 Å². The number of anilines is 2. The first-order chi connectivity index (χ1) is 12.0. The van der Waals surface area contributed by atoms with E-state index in [0.717, 1.165) is 43.9 Å². The van der Waals surface area contributed by atoms with Gasteiger partial charge < -0.3 is 20.5 Å². The predicted molar refractivity (Wildman–Crippen MR) is 89.9 cm³/mol. The van der Waals surface area contributed by atoms with Gasteiger partial charge in [-0.15, -0.1) is 0 Å². The summed E-state index contributed by atoms with van der Waals surface area (Å²) in [4.78, 5) is 12.1. The van der Waals surface area contributed by atoms with Crippen LogP contribution in [0.4, 0.5) is 20.2 Å². The molecular formula is C18H18F2N2O3. The van der Waals surface area contributed by atoms with E-state index in [1.165, 1.54) is 0 Å². The Kier molecular flexibility index (Phi) is 5.14. The van der Waals surface area contributed by atoms with Crippen LogP contribution in [0.2, 0.25) is 0 Å². The topological polar surface area (TPSA) is 70.6 Å². The number of carbonyl (C=O) groups is 1. The molecule has 1 heterocycles. The zero-order chi connectivity index (χ0) is 17.8. The van der Waals surface area contributed by atoms with E-state index in [9.17, 15) is 13.6 Å². The lowest BCUT2D eigenvalue weighted by Crippen LogP contribution is -2.27. The van der Waals surface area contributed by atoms with Gasteiger partial charge in [0.15, 0.2) is 17.4 Å². The third kappa shape index (κ3) is 4.24. The van der Waals surface area contributed by atoms with E-state index in [1.54, 1.807) is 12.1 Å². The summed E-state index contributed by atoms with van der Waals surface area (Å²) in [5.41, 5.74) is 1.21. The first kappa shape index (κ1) is 17.2. The lowest BCUT2D eigenvalue weighted by Gasteiger charge is -2.24. The van der Waals surface area contributed by atoms with Gasteiger partial charge in [-0.05, 0) is 49.2 Å². The molecule has 5 nitrogen and oxygen atoms in total. The van der Waals surface area contributed by atoms with Gasteiger partial charge in [0.25, 0.3) is 5.91 Å². The number of aromatic hydroxyl groups is 1. The molecule has 3 rings (SSSR count). The zero-order valence-corrected chi connectivity index (χ0v) is 13.4. The SMILES string of the molecule is O=C(Nc1ccc(NC2CCOCC2)cc1)c1cc(F)c(O)c(F)c1. The molecule has 1 amide bonds. The molecule has 0 saturated carbocycles. The van der Waals surface area contributed by atoms with Crippen molar-refractivity contribution in [1.82, 2.24) is 0 Å². The van der Waals surface area contributed by atoms with Gasteiger partial charge in [0.05, 0.1) is 0 Å². The number of ether oxygens (including phenoxy) is 1. The standard InChI is InChI=1S/C18H18F2N2O3/c19-15-9-11(10-16(20)17(15)23)18(24)22-13-3-1-12(2-4-13)21-14-5-7-25-8-6-14/h1-4,9-10,14,21,23H,5-8H2,(H,22,24). The first-order valence-electron chi connectivity index (χ1n) is 7.96. The van der Waals surface area contributed by atoms with E-state index in [4.69, 9.17) is 9.84 Å². The van der Waals surface area contributed by atoms with Crippen LogP contribution in [-0.2, 0) is 4.74 Å². The number of hydrogen-bond donors (Lipinski definition) is 3. The van der Waals surface area contributed by atoms with Crippen molar-refractivity contribution >= 4 is 17.3 Å². The maximum Gasteiger partial charge on any atom is 0.255 e. The Bertz CT molecular complexity index is 736. The fourth-order valence-electron chi connectivity index (χ4n) is 2.63. The van der Waals surface area contributed by atoms with Gasteiger partial charge in [-0.1, -0.05) is 0 Å². The maximum absolute atomic E-state index is 13.3. The number of nitrogens with one attached hydrogen (secondary N) is 2. The molecule has 3 N–H and O–H groups in total. The second-order valence-corrected chi connectivity index (χ2v) is 5.85. The van der Waals surface area contributed by atoms with Gasteiger partial charge in [0.2, 0.25) is 0 Å². The molecule has 0 bridgehead atoms. The molecule has 1 aliphatic heterocycles. The van der Waals surface area contributed by atoms with E-state index in [1.807, 2.05) is 12.1 Å². The highest BCUT2D eigenvalue weighted by molar-refractivity contribution is 6.04. The molecule has 0 aliphatic carbocycles. The molecule has 1 fully saturated rings. The molecule has 25 heavy (non-hydrogen) atoms. The number of hydrogen-bond acceptors (Lipinski definition) is 4. The summed E-state index contributed by atoms with van der Waals surface area (Å²) in [7, 11) is 0. The van der Waals surface area contributed by atoms with Crippen LogP contribution >= 0.6 is 0 Å². The molecule has 0 unspecified atom stereocenters. The third-order valence-corrected chi connectivity index (χ3v) is 4.01. The van der Waals surface area contributed by atoms with Crippen LogP contribution in [0.3, 0.4) is 0 Å². The van der Waals surface area contributed by atoms with Crippen LogP contribution in [0.5, 0.6) is 5.75 Å². The number of rotatable bonds is 4. The van der Waals surface area contributed by atoms with E-state index in [2.05, 4.69) is 10.6 Å². The Morgan fingerprint density at radius 3 is 2.20 bits per heavy atom. The molecular weight excluding hydrogens is 330 g/mol. The van der Waals surface area contributed by atoms with E-state index in [0.29, 0.717) is 11.7 Å². The van der Waals surface area contributed by atoms with Crippen LogP contribution < -0.4 is 10.6 Å². The highest BCUT2D eigenvalue weighted by Gasteiger charge is 2.15. The quantitative estimate of drug-likeness (QED) is 0.791. The van der Waals surface area contributed by atoms with Gasteiger partial charge in [0.1, 0.15) is 0 Å². The summed E-state index contributed by atoms with van der Waals surface area (Å²) < 4.78 is 32.0. The lowest BCUT2D eigenvalue weighted by molar-refractivity contribution is 0.0904. The Balaban J connectivity index is 1.63. The highest BCUT2D eigenvalue weighted by Crippen LogP contribution is 2.23. The third-order valence-electron chi connectivity index (χ3n) is 4.01. The molecule has 0 spiro atoms. The second kappa shape index (κ2) is 7.48. The highest BCUT2D eigenvalue weighted by atomic mass is 19.1. The summed E-state index contributed by atoms with van der Waals surface area (Å²) in [6.07, 6.45) is 1.88. The minimum absolute atomic E-state index is 0.211. The number of benzene rings is 2. The number of phenolic OH excluding ortho intramolecular Hbond substituents is 1. The van der Waals surface area contributed by atoms with Gasteiger partial charge in [-0.2, -0.15) is 0 Å². The fraction of sp³-hybridized carbons (Fsp3) is 0.278. The molecule has 132 valence electrons. The Morgan fingerprint density at radius 1 is 1.04 bits per heavy atom. The molecule has 2 aromatic rings. The van der Waals surface area contributed by atoms with Crippen molar-refractivity contribution in [2.24, 2.45) is 0 Å². The summed E-state index contributed by atoms with van der Waals surface area (Å²) in [5, 5.41) is 15.0. The molecule has 0 radical (unpaired) electrons. The summed E-state index contributed by atoms with van der Waals surface area (Å²) in [5.74, 6) is -4.12. The van der Waals surface area contributed by atoms with E-state index < -0.39 is 23.3 Å². The first-order valence-corrected chi connectivity index (χ1v) is 7.96. The van der Waals surface area contributed by atoms with Crippen molar-refractivity contribution in [1.29, 1.82) is 0 Å². The fourth-order valence-corrected chi connectivity index (χ4v) is 2.63. The molecule has 2 aromatic carbocycles. The monoisotopic (exact) mass is 348 g/mol. The predicted octanol–water partition coefficient (Wildman–Crippen LogP) is 3.51. The average molecular weight is 348 g/mol. The van der Waals surface area contributed by atoms with E-state index in [-0.39, 0.29) is 5.56 Å². The van der Waals surface area contributed by atoms with Gasteiger partial charge in [0, 0.05) is 36.2 Å². The van der Waals surface area contributed by atoms with Crippen LogP contribution in [0, 0.1) is 11.6 Å². The van der Waals surface area contributed by atoms with Crippen molar-refractivity contribution in [2.75, 3.05) is 23.8 Å². The van der Waals surface area contributed by atoms with Crippen molar-refractivity contribution in [3.05, 3.63) is 53.6 Å². The normalized spacial score (nSPS) is 15.0. The largest absolute Gasteiger partial charge is 0.503 e. The summed E-state index contributed by atoms with van der Waals surface area (Å²) in [6, 6.07) is 8.98. The van der Waals surface area contributed by atoms with Crippen molar-refractivity contribution in [3.63, 3.8) is 0 Å². The number of halogens is 2. The molecule has 1 saturated heterocycles. The zero-order valence-electron chi connectivity index (χ0n) is 13.4. The summed E-state index contributed by atoms with van der Waals surface area (Å²) >= 11 is 0. The minimum atomic E-state index is -1.18. The molecule has 7 heteroatoms. The number of phenols is 1. The average Bonchev–Trinajstić information content (AvgIpc) is 2.62. The van der Waals surface area contributed by atoms with Gasteiger partial charge in [-0.3, -0.25) is 4.79 Å². The Hall–Kier alpha value is -2.67. The minimum Gasteiger partial charge on any atom is -0.503 e. The van der Waals surface area contributed by atoms with Crippen LogP contribution in [0.15, 0.2) is 36.4 Å². The van der Waals surface area contributed by atoms with Crippen LogP contribution in [0.1, 0.15) is 23.2 Å². The number of carbonyl (C=O) groups excluding carboxylic acids is 1. The van der Waals surface area contributed by atoms with Crippen LogP contribution in [0.25, 0.3) is 0 Å². The van der Waals surface area contributed by atoms with E-state index >= 15 is 0 Å². The van der Waals surface area contributed by atoms with Crippen molar-refractivity contribution in [2.45, 2.75) is 18.9 Å². The van der Waals surface area contributed by atoms with Gasteiger partial charge in [-0.25, -0.2) is 8.78 Å². The second-order valence-electron chi connectivity index (χ2n) is 5.85.